The highest BCUT2D eigenvalue weighted by Crippen LogP contribution is 2.43. The summed E-state index contributed by atoms with van der Waals surface area (Å²) in [4.78, 5) is 0. The lowest BCUT2D eigenvalue weighted by atomic mass is 10.0. The normalized spacial score (nSPS) is 22.8. The second-order valence-corrected chi connectivity index (χ2v) is 4.95. The van der Waals surface area contributed by atoms with Crippen LogP contribution in [-0.2, 0) is 15.3 Å². The van der Waals surface area contributed by atoms with Crippen LogP contribution in [0.1, 0.15) is 12.0 Å². The van der Waals surface area contributed by atoms with Gasteiger partial charge in [-0.25, -0.2) is 0 Å². The fourth-order valence-electron chi connectivity index (χ4n) is 2.58. The third-order valence-electron chi connectivity index (χ3n) is 3.68. The summed E-state index contributed by atoms with van der Waals surface area (Å²) in [5, 5.41) is 0. The SMILES string of the molecule is C=CCC1(c2ccc(OC)c(OC)c2)O[C@H](C=C)[C@@H](C=C)O1. The smallest absolute Gasteiger partial charge is 0.200 e. The Hall–Kier alpha value is -2.04. The molecule has 118 valence electrons. The Morgan fingerprint density at radius 1 is 1.05 bits per heavy atom. The molecule has 0 unspecified atom stereocenters. The van der Waals surface area contributed by atoms with Crippen molar-refractivity contribution >= 4 is 0 Å². The van der Waals surface area contributed by atoms with Gasteiger partial charge in [-0.15, -0.1) is 19.7 Å². The summed E-state index contributed by atoms with van der Waals surface area (Å²) in [6.45, 7) is 11.4. The molecule has 2 rings (SSSR count). The average Bonchev–Trinajstić information content (AvgIpc) is 2.93. The molecule has 4 heteroatoms. The van der Waals surface area contributed by atoms with E-state index in [0.29, 0.717) is 17.9 Å². The highest BCUT2D eigenvalue weighted by atomic mass is 16.8. The van der Waals surface area contributed by atoms with E-state index in [4.69, 9.17) is 18.9 Å². The molecule has 1 aromatic carbocycles. The predicted molar refractivity (Wildman–Crippen MR) is 86.2 cm³/mol. The lowest BCUT2D eigenvalue weighted by Gasteiger charge is -2.28. The van der Waals surface area contributed by atoms with Crippen molar-refractivity contribution in [1.29, 1.82) is 0 Å². The van der Waals surface area contributed by atoms with Gasteiger partial charge in [-0.3, -0.25) is 0 Å². The second-order valence-electron chi connectivity index (χ2n) is 4.95. The molecule has 0 aromatic heterocycles. The van der Waals surface area contributed by atoms with Gasteiger partial charge in [-0.05, 0) is 18.2 Å². The molecule has 4 nitrogen and oxygen atoms in total. The topological polar surface area (TPSA) is 36.9 Å². The Morgan fingerprint density at radius 2 is 1.64 bits per heavy atom. The van der Waals surface area contributed by atoms with E-state index in [0.717, 1.165) is 5.56 Å². The van der Waals surface area contributed by atoms with Crippen LogP contribution in [0.2, 0.25) is 0 Å². The van der Waals surface area contributed by atoms with Crippen LogP contribution in [0.5, 0.6) is 11.5 Å². The number of ether oxygens (including phenoxy) is 4. The van der Waals surface area contributed by atoms with Crippen molar-refractivity contribution in [3.63, 3.8) is 0 Å². The van der Waals surface area contributed by atoms with Crippen LogP contribution >= 0.6 is 0 Å². The molecular weight excluding hydrogens is 280 g/mol. The van der Waals surface area contributed by atoms with Gasteiger partial charge in [-0.1, -0.05) is 18.2 Å². The maximum Gasteiger partial charge on any atom is 0.200 e. The number of methoxy groups -OCH3 is 2. The molecule has 0 aliphatic carbocycles. The first-order valence-corrected chi connectivity index (χ1v) is 7.08. The lowest BCUT2D eigenvalue weighted by molar-refractivity contribution is -0.175. The van der Waals surface area contributed by atoms with Crippen molar-refractivity contribution in [2.75, 3.05) is 14.2 Å². The Labute approximate surface area is 131 Å². The highest BCUT2D eigenvalue weighted by Gasteiger charge is 2.46. The van der Waals surface area contributed by atoms with Crippen LogP contribution in [-0.4, -0.2) is 26.4 Å². The maximum atomic E-state index is 6.12. The number of hydrogen-bond donors (Lipinski definition) is 0. The fourth-order valence-corrected chi connectivity index (χ4v) is 2.58. The molecular formula is C18H22O4. The van der Waals surface area contributed by atoms with E-state index in [-0.39, 0.29) is 12.2 Å². The third-order valence-corrected chi connectivity index (χ3v) is 3.68. The van der Waals surface area contributed by atoms with Crippen molar-refractivity contribution in [3.05, 3.63) is 61.7 Å². The minimum absolute atomic E-state index is 0.259. The quantitative estimate of drug-likeness (QED) is 0.721. The molecule has 0 radical (unpaired) electrons. The molecule has 1 heterocycles. The van der Waals surface area contributed by atoms with E-state index in [1.165, 1.54) is 0 Å². The van der Waals surface area contributed by atoms with Gasteiger partial charge in [0.05, 0.1) is 14.2 Å². The molecule has 2 atom stereocenters. The maximum absolute atomic E-state index is 6.12. The number of hydrogen-bond acceptors (Lipinski definition) is 4. The second kappa shape index (κ2) is 6.81. The summed E-state index contributed by atoms with van der Waals surface area (Å²) in [6, 6.07) is 5.58. The van der Waals surface area contributed by atoms with E-state index >= 15 is 0 Å². The van der Waals surface area contributed by atoms with E-state index in [1.54, 1.807) is 32.4 Å². The van der Waals surface area contributed by atoms with Crippen molar-refractivity contribution < 1.29 is 18.9 Å². The van der Waals surface area contributed by atoms with Gasteiger partial charge in [0, 0.05) is 12.0 Å². The van der Waals surface area contributed by atoms with Crippen LogP contribution in [0, 0.1) is 0 Å². The first-order chi connectivity index (χ1) is 10.6. The van der Waals surface area contributed by atoms with Crippen molar-refractivity contribution in [3.8, 4) is 11.5 Å². The average molecular weight is 302 g/mol. The van der Waals surface area contributed by atoms with Gasteiger partial charge in [0.1, 0.15) is 12.2 Å². The summed E-state index contributed by atoms with van der Waals surface area (Å²) in [5.74, 6) is 0.338. The number of benzene rings is 1. The lowest BCUT2D eigenvalue weighted by Crippen LogP contribution is -2.27. The molecule has 1 saturated heterocycles. The van der Waals surface area contributed by atoms with Gasteiger partial charge in [-0.2, -0.15) is 0 Å². The zero-order valence-electron chi connectivity index (χ0n) is 13.1. The van der Waals surface area contributed by atoms with Crippen molar-refractivity contribution in [1.82, 2.24) is 0 Å². The van der Waals surface area contributed by atoms with E-state index in [1.807, 2.05) is 18.2 Å². The molecule has 0 amide bonds. The highest BCUT2D eigenvalue weighted by molar-refractivity contribution is 5.44. The van der Waals surface area contributed by atoms with E-state index in [9.17, 15) is 0 Å². The first-order valence-electron chi connectivity index (χ1n) is 7.08. The monoisotopic (exact) mass is 302 g/mol. The Morgan fingerprint density at radius 3 is 2.09 bits per heavy atom. The van der Waals surface area contributed by atoms with Gasteiger partial charge in [0.2, 0.25) is 0 Å². The zero-order valence-corrected chi connectivity index (χ0v) is 13.1. The van der Waals surface area contributed by atoms with Crippen LogP contribution in [0.3, 0.4) is 0 Å². The molecule has 1 fully saturated rings. The molecule has 1 aliphatic rings. The van der Waals surface area contributed by atoms with Gasteiger partial charge in [0.15, 0.2) is 17.3 Å². The summed E-state index contributed by atoms with van der Waals surface area (Å²) in [6.07, 6.45) is 5.19. The minimum Gasteiger partial charge on any atom is -0.493 e. The molecule has 1 aliphatic heterocycles. The summed E-state index contributed by atoms with van der Waals surface area (Å²) in [5.41, 5.74) is 0.834. The molecule has 0 spiro atoms. The Balaban J connectivity index is 2.46. The van der Waals surface area contributed by atoms with Crippen LogP contribution < -0.4 is 9.47 Å². The Kier molecular flexibility index (Phi) is 5.06. The van der Waals surface area contributed by atoms with Gasteiger partial charge >= 0.3 is 0 Å². The first kappa shape index (κ1) is 16.3. The standard InChI is InChI=1S/C18H22O4/c1-6-11-18(21-14(7-2)15(8-3)22-18)13-9-10-16(19-4)17(12-13)20-5/h6-10,12,14-15H,1-3,11H2,4-5H3/t14-,15-/m1/s1. The van der Waals surface area contributed by atoms with Crippen LogP contribution in [0.4, 0.5) is 0 Å². The summed E-state index contributed by atoms with van der Waals surface area (Å²) in [7, 11) is 3.19. The van der Waals surface area contributed by atoms with Gasteiger partial charge in [0.25, 0.3) is 0 Å². The van der Waals surface area contributed by atoms with E-state index in [2.05, 4.69) is 19.7 Å². The third kappa shape index (κ3) is 2.80. The molecule has 0 saturated carbocycles. The Bertz CT molecular complexity index is 548. The van der Waals surface area contributed by atoms with E-state index < -0.39 is 5.79 Å². The largest absolute Gasteiger partial charge is 0.493 e. The van der Waals surface area contributed by atoms with Crippen LogP contribution in [0.25, 0.3) is 0 Å². The zero-order chi connectivity index (χ0) is 16.2. The molecule has 0 N–H and O–H groups in total. The van der Waals surface area contributed by atoms with Crippen LogP contribution in [0.15, 0.2) is 56.2 Å². The fraction of sp³-hybridized carbons (Fsp3) is 0.333. The minimum atomic E-state index is -0.932. The summed E-state index contributed by atoms with van der Waals surface area (Å²) < 4.78 is 22.9. The predicted octanol–water partition coefficient (Wildman–Crippen LogP) is 3.59. The van der Waals surface area contributed by atoms with Crippen molar-refractivity contribution in [2.45, 2.75) is 24.4 Å². The molecule has 1 aromatic rings. The number of rotatable bonds is 7. The molecule has 22 heavy (non-hydrogen) atoms. The summed E-state index contributed by atoms with van der Waals surface area (Å²) >= 11 is 0. The van der Waals surface area contributed by atoms with Gasteiger partial charge < -0.3 is 18.9 Å². The van der Waals surface area contributed by atoms with Crippen molar-refractivity contribution in [2.24, 2.45) is 0 Å². The molecule has 0 bridgehead atoms.